The van der Waals surface area contributed by atoms with Gasteiger partial charge in [0.05, 0.1) is 12.0 Å². The number of phenols is 1. The van der Waals surface area contributed by atoms with Gasteiger partial charge in [0.25, 0.3) is 0 Å². The van der Waals surface area contributed by atoms with Gasteiger partial charge in [0.2, 0.25) is 0 Å². The zero-order valence-electron chi connectivity index (χ0n) is 9.87. The standard InChI is InChI=1S/C13H17N3O/c1-10(14)13-8-15-9-16(13)7-6-11-2-4-12(17)5-3-11/h2-5,8-10,17H,6-7,14H2,1H3/t10-/m1/s1. The molecule has 3 N–H and O–H groups in total. The number of hydrogen-bond donors (Lipinski definition) is 2. The zero-order chi connectivity index (χ0) is 12.3. The Hall–Kier alpha value is -1.81. The molecule has 0 spiro atoms. The summed E-state index contributed by atoms with van der Waals surface area (Å²) in [7, 11) is 0. The van der Waals surface area contributed by atoms with Crippen LogP contribution in [0.25, 0.3) is 0 Å². The second kappa shape index (κ2) is 5.01. The third-order valence-corrected chi connectivity index (χ3v) is 2.79. The Morgan fingerprint density at radius 2 is 2.06 bits per heavy atom. The molecule has 0 aliphatic rings. The van der Waals surface area contributed by atoms with Crippen molar-refractivity contribution in [3.05, 3.63) is 48.0 Å². The van der Waals surface area contributed by atoms with Crippen LogP contribution in [0.1, 0.15) is 24.2 Å². The molecular weight excluding hydrogens is 214 g/mol. The molecule has 1 atom stereocenters. The average Bonchev–Trinajstić information content (AvgIpc) is 2.76. The molecule has 0 saturated carbocycles. The lowest BCUT2D eigenvalue weighted by Crippen LogP contribution is -2.12. The van der Waals surface area contributed by atoms with Crippen LogP contribution < -0.4 is 5.73 Å². The van der Waals surface area contributed by atoms with Gasteiger partial charge in [-0.2, -0.15) is 0 Å². The first-order chi connectivity index (χ1) is 8.16. The fourth-order valence-electron chi connectivity index (χ4n) is 1.81. The Bertz CT molecular complexity index is 474. The summed E-state index contributed by atoms with van der Waals surface area (Å²) in [5.74, 6) is 0.299. The summed E-state index contributed by atoms with van der Waals surface area (Å²) in [6.07, 6.45) is 4.51. The number of nitrogens with zero attached hydrogens (tertiary/aromatic N) is 2. The number of aromatic nitrogens is 2. The predicted molar refractivity (Wildman–Crippen MR) is 66.6 cm³/mol. The number of imidazole rings is 1. The van der Waals surface area contributed by atoms with Gasteiger partial charge in [0.1, 0.15) is 5.75 Å². The van der Waals surface area contributed by atoms with Crippen LogP contribution in [-0.2, 0) is 13.0 Å². The van der Waals surface area contributed by atoms with Crippen LogP contribution in [0.3, 0.4) is 0 Å². The summed E-state index contributed by atoms with van der Waals surface area (Å²) in [5, 5.41) is 9.19. The Kier molecular flexibility index (Phi) is 3.44. The zero-order valence-corrected chi connectivity index (χ0v) is 9.87. The van der Waals surface area contributed by atoms with Gasteiger partial charge in [-0.3, -0.25) is 0 Å². The van der Waals surface area contributed by atoms with E-state index in [0.29, 0.717) is 5.75 Å². The maximum Gasteiger partial charge on any atom is 0.115 e. The van der Waals surface area contributed by atoms with Gasteiger partial charge in [-0.15, -0.1) is 0 Å². The lowest BCUT2D eigenvalue weighted by Gasteiger charge is -2.10. The number of nitrogens with two attached hydrogens (primary N) is 1. The summed E-state index contributed by atoms with van der Waals surface area (Å²) < 4.78 is 2.07. The molecule has 0 aliphatic carbocycles. The van der Waals surface area contributed by atoms with E-state index in [2.05, 4.69) is 9.55 Å². The van der Waals surface area contributed by atoms with Crippen LogP contribution in [0.2, 0.25) is 0 Å². The van der Waals surface area contributed by atoms with Crippen molar-refractivity contribution in [3.8, 4) is 5.75 Å². The second-order valence-electron chi connectivity index (χ2n) is 4.22. The molecule has 4 nitrogen and oxygen atoms in total. The van der Waals surface area contributed by atoms with Crippen molar-refractivity contribution >= 4 is 0 Å². The van der Waals surface area contributed by atoms with Crippen molar-refractivity contribution in [1.82, 2.24) is 9.55 Å². The summed E-state index contributed by atoms with van der Waals surface area (Å²) >= 11 is 0. The van der Waals surface area contributed by atoms with Crippen LogP contribution >= 0.6 is 0 Å². The topological polar surface area (TPSA) is 64.1 Å². The van der Waals surface area contributed by atoms with E-state index in [4.69, 9.17) is 5.73 Å². The molecule has 0 unspecified atom stereocenters. The third-order valence-electron chi connectivity index (χ3n) is 2.79. The van der Waals surface area contributed by atoms with E-state index in [0.717, 1.165) is 18.7 Å². The molecule has 2 rings (SSSR count). The normalized spacial score (nSPS) is 12.6. The van der Waals surface area contributed by atoms with E-state index in [-0.39, 0.29) is 6.04 Å². The lowest BCUT2D eigenvalue weighted by atomic mass is 10.1. The quantitative estimate of drug-likeness (QED) is 0.844. The second-order valence-corrected chi connectivity index (χ2v) is 4.22. The van der Waals surface area contributed by atoms with E-state index in [1.54, 1.807) is 18.5 Å². The van der Waals surface area contributed by atoms with Gasteiger partial charge in [0, 0.05) is 18.8 Å². The van der Waals surface area contributed by atoms with Gasteiger partial charge in [-0.1, -0.05) is 12.1 Å². The van der Waals surface area contributed by atoms with E-state index < -0.39 is 0 Å². The highest BCUT2D eigenvalue weighted by Gasteiger charge is 2.06. The van der Waals surface area contributed by atoms with E-state index >= 15 is 0 Å². The van der Waals surface area contributed by atoms with Crippen molar-refractivity contribution in [2.24, 2.45) is 5.73 Å². The van der Waals surface area contributed by atoms with Crippen molar-refractivity contribution in [1.29, 1.82) is 0 Å². The summed E-state index contributed by atoms with van der Waals surface area (Å²) in [6, 6.07) is 7.26. The summed E-state index contributed by atoms with van der Waals surface area (Å²) in [6.45, 7) is 2.80. The van der Waals surface area contributed by atoms with Crippen LogP contribution in [0.4, 0.5) is 0 Å². The van der Waals surface area contributed by atoms with E-state index in [1.165, 1.54) is 5.56 Å². The fraction of sp³-hybridized carbons (Fsp3) is 0.308. The van der Waals surface area contributed by atoms with Gasteiger partial charge < -0.3 is 15.4 Å². The molecule has 1 aromatic heterocycles. The minimum absolute atomic E-state index is 0.00248. The first kappa shape index (κ1) is 11.7. The molecule has 90 valence electrons. The molecule has 0 saturated heterocycles. The maximum absolute atomic E-state index is 9.19. The summed E-state index contributed by atoms with van der Waals surface area (Å²) in [4.78, 5) is 4.11. The van der Waals surface area contributed by atoms with Gasteiger partial charge in [0.15, 0.2) is 0 Å². The average molecular weight is 231 g/mol. The molecule has 0 fully saturated rings. The Morgan fingerprint density at radius 3 is 2.71 bits per heavy atom. The number of phenolic OH excluding ortho intramolecular Hbond substituents is 1. The summed E-state index contributed by atoms with van der Waals surface area (Å²) in [5.41, 5.74) is 8.09. The number of aryl methyl sites for hydroxylation is 2. The fourth-order valence-corrected chi connectivity index (χ4v) is 1.81. The van der Waals surface area contributed by atoms with Crippen molar-refractivity contribution < 1.29 is 5.11 Å². The number of rotatable bonds is 4. The molecular formula is C13H17N3O. The first-order valence-corrected chi connectivity index (χ1v) is 5.70. The van der Waals surface area contributed by atoms with Crippen molar-refractivity contribution in [2.75, 3.05) is 0 Å². The number of hydrogen-bond acceptors (Lipinski definition) is 3. The minimum Gasteiger partial charge on any atom is -0.508 e. The van der Waals surface area contributed by atoms with Crippen molar-refractivity contribution in [3.63, 3.8) is 0 Å². The maximum atomic E-state index is 9.19. The van der Waals surface area contributed by atoms with E-state index in [9.17, 15) is 5.11 Å². The van der Waals surface area contributed by atoms with Crippen LogP contribution in [0.15, 0.2) is 36.8 Å². The Balaban J connectivity index is 2.02. The van der Waals surface area contributed by atoms with E-state index in [1.807, 2.05) is 25.3 Å². The highest BCUT2D eigenvalue weighted by atomic mass is 16.3. The Morgan fingerprint density at radius 1 is 1.35 bits per heavy atom. The van der Waals surface area contributed by atoms with Gasteiger partial charge in [-0.05, 0) is 31.0 Å². The highest BCUT2D eigenvalue weighted by Crippen LogP contribution is 2.13. The molecule has 1 aromatic carbocycles. The molecule has 1 heterocycles. The third kappa shape index (κ3) is 2.85. The molecule has 2 aromatic rings. The van der Waals surface area contributed by atoms with Gasteiger partial charge in [-0.25, -0.2) is 4.98 Å². The first-order valence-electron chi connectivity index (χ1n) is 5.70. The van der Waals surface area contributed by atoms with Gasteiger partial charge >= 0.3 is 0 Å². The number of benzene rings is 1. The minimum atomic E-state index is -0.00248. The molecule has 4 heteroatoms. The van der Waals surface area contributed by atoms with Crippen LogP contribution in [0.5, 0.6) is 5.75 Å². The molecule has 0 bridgehead atoms. The monoisotopic (exact) mass is 231 g/mol. The highest BCUT2D eigenvalue weighted by molar-refractivity contribution is 5.25. The molecule has 0 amide bonds. The van der Waals surface area contributed by atoms with Crippen LogP contribution in [0, 0.1) is 0 Å². The lowest BCUT2D eigenvalue weighted by molar-refractivity contribution is 0.475. The molecule has 17 heavy (non-hydrogen) atoms. The SMILES string of the molecule is C[C@@H](N)c1cncn1CCc1ccc(O)cc1. The molecule has 0 radical (unpaired) electrons. The number of aromatic hydroxyl groups is 1. The van der Waals surface area contributed by atoms with Crippen molar-refractivity contribution in [2.45, 2.75) is 25.9 Å². The smallest absolute Gasteiger partial charge is 0.115 e. The predicted octanol–water partition coefficient (Wildman–Crippen LogP) is 1.85. The molecule has 0 aliphatic heterocycles. The Labute approximate surface area is 101 Å². The van der Waals surface area contributed by atoms with Crippen LogP contribution in [-0.4, -0.2) is 14.7 Å². The largest absolute Gasteiger partial charge is 0.508 e.